The van der Waals surface area contributed by atoms with Crippen LogP contribution in [0.1, 0.15) is 24.5 Å². The SMILES string of the molecule is CCN(CC#N)C(=O)CCc1cccc(C)c1. The fraction of sp³-hybridized carbons (Fsp3) is 0.429. The average molecular weight is 230 g/mol. The monoisotopic (exact) mass is 230 g/mol. The molecule has 0 saturated carbocycles. The molecule has 0 aliphatic rings. The Morgan fingerprint density at radius 3 is 2.82 bits per heavy atom. The molecule has 0 heterocycles. The quantitative estimate of drug-likeness (QED) is 0.728. The number of nitriles is 1. The summed E-state index contributed by atoms with van der Waals surface area (Å²) in [6.45, 7) is 4.71. The van der Waals surface area contributed by atoms with Gasteiger partial charge in [-0.1, -0.05) is 29.8 Å². The maximum atomic E-state index is 11.8. The van der Waals surface area contributed by atoms with Crippen molar-refractivity contribution in [3.05, 3.63) is 35.4 Å². The van der Waals surface area contributed by atoms with Crippen LogP contribution < -0.4 is 0 Å². The minimum absolute atomic E-state index is 0.0514. The van der Waals surface area contributed by atoms with Crippen molar-refractivity contribution in [2.45, 2.75) is 26.7 Å². The third-order valence-electron chi connectivity index (χ3n) is 2.71. The van der Waals surface area contributed by atoms with E-state index in [9.17, 15) is 4.79 Å². The number of benzene rings is 1. The Balaban J connectivity index is 2.50. The molecule has 0 aliphatic carbocycles. The Morgan fingerprint density at radius 1 is 1.47 bits per heavy atom. The van der Waals surface area contributed by atoms with Crippen LogP contribution >= 0.6 is 0 Å². The maximum Gasteiger partial charge on any atom is 0.223 e. The summed E-state index contributed by atoms with van der Waals surface area (Å²) in [5.41, 5.74) is 2.38. The van der Waals surface area contributed by atoms with Crippen molar-refractivity contribution in [1.29, 1.82) is 5.26 Å². The second-order valence-electron chi connectivity index (χ2n) is 4.06. The lowest BCUT2D eigenvalue weighted by molar-refractivity contribution is -0.130. The molecule has 0 radical (unpaired) electrons. The van der Waals surface area contributed by atoms with E-state index < -0.39 is 0 Å². The Morgan fingerprint density at radius 2 is 2.24 bits per heavy atom. The third kappa shape index (κ3) is 4.28. The topological polar surface area (TPSA) is 44.1 Å². The van der Waals surface area contributed by atoms with Gasteiger partial charge in [0, 0.05) is 13.0 Å². The Hall–Kier alpha value is -1.82. The number of nitrogens with zero attached hydrogens (tertiary/aromatic N) is 2. The number of aryl methyl sites for hydroxylation is 2. The van der Waals surface area contributed by atoms with Crippen LogP contribution in [-0.4, -0.2) is 23.9 Å². The summed E-state index contributed by atoms with van der Waals surface area (Å²) in [6, 6.07) is 10.2. The molecule has 0 atom stereocenters. The van der Waals surface area contributed by atoms with Crippen LogP contribution in [0.4, 0.5) is 0 Å². The zero-order chi connectivity index (χ0) is 12.7. The molecule has 0 aromatic heterocycles. The van der Waals surface area contributed by atoms with Crippen LogP contribution in [0.15, 0.2) is 24.3 Å². The predicted octanol–water partition coefficient (Wildman–Crippen LogP) is 2.30. The molecule has 0 fully saturated rings. The highest BCUT2D eigenvalue weighted by molar-refractivity contribution is 5.76. The first-order valence-corrected chi connectivity index (χ1v) is 5.87. The molecule has 1 rings (SSSR count). The van der Waals surface area contributed by atoms with E-state index in [2.05, 4.69) is 6.07 Å². The van der Waals surface area contributed by atoms with Crippen LogP contribution in [0.2, 0.25) is 0 Å². The second-order valence-corrected chi connectivity index (χ2v) is 4.06. The van der Waals surface area contributed by atoms with Gasteiger partial charge >= 0.3 is 0 Å². The van der Waals surface area contributed by atoms with Crippen molar-refractivity contribution >= 4 is 5.91 Å². The molecule has 3 nitrogen and oxygen atoms in total. The van der Waals surface area contributed by atoms with Crippen molar-refractivity contribution in [2.75, 3.05) is 13.1 Å². The Kier molecular flexibility index (Phi) is 5.22. The molecule has 1 aromatic rings. The van der Waals surface area contributed by atoms with Gasteiger partial charge in [0.25, 0.3) is 0 Å². The lowest BCUT2D eigenvalue weighted by Crippen LogP contribution is -2.31. The molecular formula is C14H18N2O. The highest BCUT2D eigenvalue weighted by Crippen LogP contribution is 2.07. The van der Waals surface area contributed by atoms with Crippen LogP contribution in [0.25, 0.3) is 0 Å². The number of hydrogen-bond acceptors (Lipinski definition) is 2. The van der Waals surface area contributed by atoms with Crippen molar-refractivity contribution < 1.29 is 4.79 Å². The number of carbonyl (C=O) groups excluding carboxylic acids is 1. The largest absolute Gasteiger partial charge is 0.330 e. The summed E-state index contributed by atoms with van der Waals surface area (Å²) >= 11 is 0. The first-order valence-electron chi connectivity index (χ1n) is 5.87. The zero-order valence-corrected chi connectivity index (χ0v) is 10.4. The van der Waals surface area contributed by atoms with E-state index in [0.29, 0.717) is 13.0 Å². The van der Waals surface area contributed by atoms with Crippen LogP contribution in [0, 0.1) is 18.3 Å². The number of carbonyl (C=O) groups is 1. The number of amides is 1. The van der Waals surface area contributed by atoms with Gasteiger partial charge in [0.05, 0.1) is 6.07 Å². The van der Waals surface area contributed by atoms with E-state index in [1.54, 1.807) is 4.90 Å². The van der Waals surface area contributed by atoms with Gasteiger partial charge in [0.2, 0.25) is 5.91 Å². The van der Waals surface area contributed by atoms with Gasteiger partial charge in [-0.25, -0.2) is 0 Å². The fourth-order valence-corrected chi connectivity index (χ4v) is 1.74. The number of rotatable bonds is 5. The first kappa shape index (κ1) is 13.2. The molecule has 3 heteroatoms. The summed E-state index contributed by atoms with van der Waals surface area (Å²) < 4.78 is 0. The molecule has 1 aromatic carbocycles. The van der Waals surface area contributed by atoms with E-state index in [1.165, 1.54) is 11.1 Å². The molecular weight excluding hydrogens is 212 g/mol. The van der Waals surface area contributed by atoms with E-state index in [-0.39, 0.29) is 12.5 Å². The van der Waals surface area contributed by atoms with E-state index in [4.69, 9.17) is 5.26 Å². The van der Waals surface area contributed by atoms with Crippen molar-refractivity contribution in [1.82, 2.24) is 4.90 Å². The minimum atomic E-state index is 0.0514. The molecule has 0 spiro atoms. The van der Waals surface area contributed by atoms with Crippen molar-refractivity contribution in [3.63, 3.8) is 0 Å². The molecule has 90 valence electrons. The van der Waals surface area contributed by atoms with Gasteiger partial charge in [-0.05, 0) is 25.8 Å². The fourth-order valence-electron chi connectivity index (χ4n) is 1.74. The van der Waals surface area contributed by atoms with Gasteiger partial charge in [0.1, 0.15) is 6.54 Å². The van der Waals surface area contributed by atoms with Crippen molar-refractivity contribution in [3.8, 4) is 6.07 Å². The first-order chi connectivity index (χ1) is 8.17. The smallest absolute Gasteiger partial charge is 0.223 e. The second kappa shape index (κ2) is 6.70. The molecule has 0 saturated heterocycles. The zero-order valence-electron chi connectivity index (χ0n) is 10.4. The standard InChI is InChI=1S/C14H18N2O/c1-3-16(10-9-15)14(17)8-7-13-6-4-5-12(2)11-13/h4-6,11H,3,7-8,10H2,1-2H3. The summed E-state index contributed by atoms with van der Waals surface area (Å²) in [5.74, 6) is 0.0514. The summed E-state index contributed by atoms with van der Waals surface area (Å²) in [7, 11) is 0. The highest BCUT2D eigenvalue weighted by Gasteiger charge is 2.10. The Bertz CT molecular complexity index is 420. The molecule has 0 bridgehead atoms. The molecule has 0 unspecified atom stereocenters. The minimum Gasteiger partial charge on any atom is -0.330 e. The van der Waals surface area contributed by atoms with Crippen LogP contribution in [0.5, 0.6) is 0 Å². The van der Waals surface area contributed by atoms with Gasteiger partial charge in [-0.15, -0.1) is 0 Å². The summed E-state index contributed by atoms with van der Waals surface area (Å²) in [6.07, 6.45) is 1.21. The highest BCUT2D eigenvalue weighted by atomic mass is 16.2. The predicted molar refractivity (Wildman–Crippen MR) is 67.4 cm³/mol. The molecule has 0 aliphatic heterocycles. The van der Waals surface area contributed by atoms with Crippen LogP contribution in [0.3, 0.4) is 0 Å². The summed E-state index contributed by atoms with van der Waals surface area (Å²) in [4.78, 5) is 13.4. The normalized spacial score (nSPS) is 9.71. The lowest BCUT2D eigenvalue weighted by Gasteiger charge is -2.16. The van der Waals surface area contributed by atoms with E-state index >= 15 is 0 Å². The van der Waals surface area contributed by atoms with Gasteiger partial charge < -0.3 is 4.90 Å². The van der Waals surface area contributed by atoms with E-state index in [0.717, 1.165) is 6.42 Å². The molecule has 0 N–H and O–H groups in total. The Labute approximate surface area is 103 Å². The van der Waals surface area contributed by atoms with E-state index in [1.807, 2.05) is 38.1 Å². The van der Waals surface area contributed by atoms with Gasteiger partial charge in [-0.3, -0.25) is 4.79 Å². The number of hydrogen-bond donors (Lipinski definition) is 0. The summed E-state index contributed by atoms with van der Waals surface area (Å²) in [5, 5.41) is 8.59. The van der Waals surface area contributed by atoms with Crippen LogP contribution in [-0.2, 0) is 11.2 Å². The molecule has 1 amide bonds. The van der Waals surface area contributed by atoms with Crippen molar-refractivity contribution in [2.24, 2.45) is 0 Å². The van der Waals surface area contributed by atoms with Gasteiger partial charge in [-0.2, -0.15) is 5.26 Å². The lowest BCUT2D eigenvalue weighted by atomic mass is 10.1. The third-order valence-corrected chi connectivity index (χ3v) is 2.71. The molecule has 17 heavy (non-hydrogen) atoms. The average Bonchev–Trinajstić information content (AvgIpc) is 2.33. The van der Waals surface area contributed by atoms with Gasteiger partial charge in [0.15, 0.2) is 0 Å². The maximum absolute atomic E-state index is 11.8.